The summed E-state index contributed by atoms with van der Waals surface area (Å²) in [6.45, 7) is 9.48. The number of anilines is 1. The van der Waals surface area contributed by atoms with Crippen molar-refractivity contribution in [2.45, 2.75) is 46.7 Å². The largest absolute Gasteiger partial charge is 0.480 e. The smallest absolute Gasteiger partial charge is 0.325 e. The lowest BCUT2D eigenvalue weighted by Crippen LogP contribution is -2.38. The number of amides is 1. The zero-order valence-corrected chi connectivity index (χ0v) is 20.2. The van der Waals surface area contributed by atoms with E-state index in [1.807, 2.05) is 50.2 Å². The molecule has 0 fully saturated rings. The summed E-state index contributed by atoms with van der Waals surface area (Å²) >= 11 is 6.25. The van der Waals surface area contributed by atoms with Crippen molar-refractivity contribution in [3.63, 3.8) is 0 Å². The van der Waals surface area contributed by atoms with Crippen LogP contribution in [0, 0.1) is 20.8 Å². The van der Waals surface area contributed by atoms with Gasteiger partial charge in [-0.15, -0.1) is 0 Å². The number of aryl methyl sites for hydroxylation is 3. The van der Waals surface area contributed by atoms with Crippen LogP contribution in [0.15, 0.2) is 54.6 Å². The number of carboxylic acid groups (broad SMARTS) is 1. The van der Waals surface area contributed by atoms with Crippen molar-refractivity contribution in [3.05, 3.63) is 87.4 Å². The molecule has 1 amide bonds. The second kappa shape index (κ2) is 10.1. The van der Waals surface area contributed by atoms with E-state index in [2.05, 4.69) is 36.6 Å². The Morgan fingerprint density at radius 1 is 0.879 bits per heavy atom. The van der Waals surface area contributed by atoms with E-state index in [0.29, 0.717) is 5.56 Å². The molecule has 172 valence electrons. The van der Waals surface area contributed by atoms with Gasteiger partial charge in [0.05, 0.1) is 0 Å². The van der Waals surface area contributed by atoms with Crippen LogP contribution >= 0.6 is 11.6 Å². The van der Waals surface area contributed by atoms with Crippen molar-refractivity contribution in [1.82, 2.24) is 5.32 Å². The highest BCUT2D eigenvalue weighted by atomic mass is 35.5. The zero-order valence-electron chi connectivity index (χ0n) is 19.5. The van der Waals surface area contributed by atoms with Crippen LogP contribution in [0.25, 0.3) is 11.1 Å². The van der Waals surface area contributed by atoms with E-state index >= 15 is 0 Å². The molecule has 3 N–H and O–H groups in total. The maximum Gasteiger partial charge on any atom is 0.325 e. The Kier molecular flexibility index (Phi) is 7.44. The van der Waals surface area contributed by atoms with E-state index in [-0.39, 0.29) is 6.04 Å². The molecule has 3 aromatic carbocycles. The fourth-order valence-corrected chi connectivity index (χ4v) is 4.04. The Hall–Kier alpha value is -3.31. The summed E-state index contributed by atoms with van der Waals surface area (Å²) in [5, 5.41) is 15.9. The van der Waals surface area contributed by atoms with E-state index in [9.17, 15) is 9.59 Å². The molecule has 33 heavy (non-hydrogen) atoms. The summed E-state index contributed by atoms with van der Waals surface area (Å²) in [4.78, 5) is 23.4. The molecule has 0 aliphatic carbocycles. The van der Waals surface area contributed by atoms with Gasteiger partial charge < -0.3 is 15.7 Å². The molecule has 5 nitrogen and oxygen atoms in total. The number of hydrogen-bond acceptors (Lipinski definition) is 3. The van der Waals surface area contributed by atoms with Crippen LogP contribution < -0.4 is 10.6 Å². The Balaban J connectivity index is 1.81. The summed E-state index contributed by atoms with van der Waals surface area (Å²) in [6, 6.07) is 16.9. The van der Waals surface area contributed by atoms with Crippen LogP contribution in [0.3, 0.4) is 0 Å². The summed E-state index contributed by atoms with van der Waals surface area (Å²) < 4.78 is 0. The Morgan fingerprint density at radius 2 is 1.58 bits per heavy atom. The number of carbonyl (C=O) groups is 2. The number of benzene rings is 3. The van der Waals surface area contributed by atoms with Crippen LogP contribution in [0.1, 0.15) is 52.5 Å². The highest BCUT2D eigenvalue weighted by Gasteiger charge is 2.17. The summed E-state index contributed by atoms with van der Waals surface area (Å²) in [6.07, 6.45) is 0. The average Bonchev–Trinajstić information content (AvgIpc) is 2.76. The van der Waals surface area contributed by atoms with E-state index in [1.165, 1.54) is 12.5 Å². The molecule has 0 spiro atoms. The van der Waals surface area contributed by atoms with E-state index in [1.54, 1.807) is 6.07 Å². The lowest BCUT2D eigenvalue weighted by molar-refractivity contribution is -0.138. The molecule has 3 rings (SSSR count). The molecule has 3 aromatic rings. The minimum atomic E-state index is -1.07. The molecule has 0 saturated heterocycles. The zero-order chi connectivity index (χ0) is 24.3. The Labute approximate surface area is 199 Å². The highest BCUT2D eigenvalue weighted by molar-refractivity contribution is 6.31. The molecule has 0 aromatic heterocycles. The molecule has 2 unspecified atom stereocenters. The van der Waals surface area contributed by atoms with Crippen LogP contribution in [0.2, 0.25) is 5.02 Å². The van der Waals surface area contributed by atoms with Gasteiger partial charge in [0.25, 0.3) is 5.91 Å². The second-order valence-electron chi connectivity index (χ2n) is 8.47. The maximum atomic E-state index is 12.4. The average molecular weight is 465 g/mol. The molecule has 0 aliphatic rings. The minimum absolute atomic E-state index is 0.0975. The van der Waals surface area contributed by atoms with Gasteiger partial charge in [-0.25, -0.2) is 0 Å². The second-order valence-corrected chi connectivity index (χ2v) is 8.88. The molecule has 0 aliphatic heterocycles. The lowest BCUT2D eigenvalue weighted by Gasteiger charge is -2.20. The molecule has 0 radical (unpaired) electrons. The van der Waals surface area contributed by atoms with Gasteiger partial charge in [-0.1, -0.05) is 41.9 Å². The van der Waals surface area contributed by atoms with Gasteiger partial charge in [-0.2, -0.15) is 0 Å². The maximum absolute atomic E-state index is 12.4. The predicted molar refractivity (Wildman–Crippen MR) is 134 cm³/mol. The summed E-state index contributed by atoms with van der Waals surface area (Å²) in [5.74, 6) is -1.47. The molecule has 6 heteroatoms. The summed E-state index contributed by atoms with van der Waals surface area (Å²) in [7, 11) is 0. The van der Waals surface area contributed by atoms with Crippen molar-refractivity contribution in [3.8, 4) is 11.1 Å². The predicted octanol–water partition coefficient (Wildman–Crippen LogP) is 6.31. The summed E-state index contributed by atoms with van der Waals surface area (Å²) in [5.41, 5.74) is 7.62. The van der Waals surface area contributed by atoms with Crippen LogP contribution in [-0.4, -0.2) is 23.0 Å². The van der Waals surface area contributed by atoms with Crippen molar-refractivity contribution in [1.29, 1.82) is 0 Å². The standard InChI is InChI=1S/C27H29ClN2O3/c1-15-11-21(9-10-23(15)26(31)30-19(5)27(32)33)20-7-6-8-22(14-20)29-18(4)24-12-17(3)25(28)13-16(24)2/h6-14,18-19,29H,1-5H3,(H,30,31)(H,32,33). The third kappa shape index (κ3) is 5.74. The van der Waals surface area contributed by atoms with Gasteiger partial charge in [-0.3, -0.25) is 9.59 Å². The van der Waals surface area contributed by atoms with E-state index < -0.39 is 17.9 Å². The fourth-order valence-electron chi connectivity index (χ4n) is 3.82. The number of hydrogen-bond donors (Lipinski definition) is 3. The van der Waals surface area contributed by atoms with Crippen molar-refractivity contribution < 1.29 is 14.7 Å². The first-order valence-electron chi connectivity index (χ1n) is 10.8. The van der Waals surface area contributed by atoms with E-state index in [0.717, 1.165) is 38.5 Å². The molecule has 0 saturated carbocycles. The van der Waals surface area contributed by atoms with Gasteiger partial charge in [0.1, 0.15) is 6.04 Å². The molecule has 0 heterocycles. The molecule has 0 bridgehead atoms. The molecular formula is C27H29ClN2O3. The van der Waals surface area contributed by atoms with Gasteiger partial charge in [-0.05, 0) is 92.3 Å². The Bertz CT molecular complexity index is 1210. The highest BCUT2D eigenvalue weighted by Crippen LogP contribution is 2.30. The number of halogens is 1. The number of rotatable bonds is 7. The van der Waals surface area contributed by atoms with Gasteiger partial charge in [0, 0.05) is 22.3 Å². The normalized spacial score (nSPS) is 12.7. The van der Waals surface area contributed by atoms with Gasteiger partial charge in [0.15, 0.2) is 0 Å². The third-order valence-corrected chi connectivity index (χ3v) is 6.19. The first-order chi connectivity index (χ1) is 15.6. The van der Waals surface area contributed by atoms with Crippen LogP contribution in [-0.2, 0) is 4.79 Å². The SMILES string of the molecule is Cc1cc(C(C)Nc2cccc(-c3ccc(C(=O)NC(C)C(=O)O)c(C)c3)c2)c(C)cc1Cl. The number of carbonyl (C=O) groups excluding carboxylic acids is 1. The van der Waals surface area contributed by atoms with Gasteiger partial charge >= 0.3 is 5.97 Å². The molecular weight excluding hydrogens is 436 g/mol. The van der Waals surface area contributed by atoms with Crippen LogP contribution in [0.5, 0.6) is 0 Å². The lowest BCUT2D eigenvalue weighted by atomic mass is 9.98. The Morgan fingerprint density at radius 3 is 2.24 bits per heavy atom. The van der Waals surface area contributed by atoms with Crippen LogP contribution in [0.4, 0.5) is 5.69 Å². The number of nitrogens with one attached hydrogen (secondary N) is 2. The minimum Gasteiger partial charge on any atom is -0.480 e. The quantitative estimate of drug-likeness (QED) is 0.383. The monoisotopic (exact) mass is 464 g/mol. The van der Waals surface area contributed by atoms with Crippen molar-refractivity contribution in [2.75, 3.05) is 5.32 Å². The molecule has 2 atom stereocenters. The van der Waals surface area contributed by atoms with E-state index in [4.69, 9.17) is 16.7 Å². The number of carboxylic acids is 1. The van der Waals surface area contributed by atoms with Crippen molar-refractivity contribution >= 4 is 29.2 Å². The first kappa shape index (κ1) is 24.3. The topological polar surface area (TPSA) is 78.4 Å². The fraction of sp³-hybridized carbons (Fsp3) is 0.259. The van der Waals surface area contributed by atoms with Gasteiger partial charge in [0.2, 0.25) is 0 Å². The third-order valence-electron chi connectivity index (χ3n) is 5.78. The van der Waals surface area contributed by atoms with Crippen molar-refractivity contribution in [2.24, 2.45) is 0 Å². The first-order valence-corrected chi connectivity index (χ1v) is 11.2. The number of aliphatic carboxylic acids is 1.